The molecule has 0 fully saturated rings. The fourth-order valence-corrected chi connectivity index (χ4v) is 5.98. The monoisotopic (exact) mass is 634 g/mol. The minimum absolute atomic E-state index is 0.178. The predicted molar refractivity (Wildman–Crippen MR) is 167 cm³/mol. The minimum atomic E-state index is -0.270. The van der Waals surface area contributed by atoms with Crippen LogP contribution in [-0.4, -0.2) is 44.0 Å². The lowest BCUT2D eigenvalue weighted by Crippen LogP contribution is -2.46. The molecule has 3 heterocycles. The maximum absolute atomic E-state index is 14.3. The van der Waals surface area contributed by atoms with E-state index in [-0.39, 0.29) is 30.0 Å². The van der Waals surface area contributed by atoms with Crippen LogP contribution in [0.5, 0.6) is 0 Å². The van der Waals surface area contributed by atoms with E-state index in [4.69, 9.17) is 11.7 Å². The van der Waals surface area contributed by atoms with Crippen molar-refractivity contribution in [2.75, 3.05) is 7.05 Å². The molecule has 1 aliphatic heterocycles. The molecule has 0 unspecified atom stereocenters. The van der Waals surface area contributed by atoms with Crippen LogP contribution >= 0.6 is 15.9 Å². The van der Waals surface area contributed by atoms with Crippen molar-refractivity contribution in [2.45, 2.75) is 32.4 Å². The number of fused-ring (bicyclic) bond motifs is 3. The first-order valence-electron chi connectivity index (χ1n) is 13.8. The molecule has 43 heavy (non-hydrogen) atoms. The van der Waals surface area contributed by atoms with Crippen molar-refractivity contribution in [1.82, 2.24) is 24.4 Å². The van der Waals surface area contributed by atoms with E-state index in [0.29, 0.717) is 56.7 Å². The highest BCUT2D eigenvalue weighted by molar-refractivity contribution is 9.10. The zero-order valence-electron chi connectivity index (χ0n) is 23.5. The number of carbonyl (C=O) groups is 2. The largest absolute Gasteiger partial charge is 0.355 e. The van der Waals surface area contributed by atoms with Gasteiger partial charge in [-0.2, -0.15) is 5.10 Å². The van der Waals surface area contributed by atoms with Gasteiger partial charge in [0, 0.05) is 46.2 Å². The summed E-state index contributed by atoms with van der Waals surface area (Å²) in [5.74, 6) is -0.425. The standard InChI is InChI=1S/C33H27BrN6O3/c1-20-15-26-29(19-38(20)32(42)23-11-14-27(34)28(17-23)35-2)40-31(24(18-37-40)16-21-7-5-4-6-8-21)39(33(26)43)25-12-9-22(10-13-25)30(41)36-3/h4-14,17-18,20H,15-16,19H2,1,3H3,(H,36,41)/t20-/m1/s1. The zero-order valence-corrected chi connectivity index (χ0v) is 25.1. The fourth-order valence-electron chi connectivity index (χ4n) is 5.64. The van der Waals surface area contributed by atoms with E-state index in [1.54, 1.807) is 69.7 Å². The molecule has 10 heteroatoms. The van der Waals surface area contributed by atoms with Crippen molar-refractivity contribution < 1.29 is 9.59 Å². The number of carbonyl (C=O) groups excluding carboxylic acids is 2. The molecule has 6 rings (SSSR count). The molecule has 0 radical (unpaired) electrons. The summed E-state index contributed by atoms with van der Waals surface area (Å²) in [7, 11) is 1.57. The first kappa shape index (κ1) is 28.1. The molecule has 1 aliphatic rings. The van der Waals surface area contributed by atoms with Crippen LogP contribution in [0.15, 0.2) is 88.3 Å². The van der Waals surface area contributed by atoms with E-state index in [9.17, 15) is 14.4 Å². The van der Waals surface area contributed by atoms with Crippen LogP contribution in [-0.2, 0) is 19.4 Å². The average molecular weight is 636 g/mol. The van der Waals surface area contributed by atoms with Crippen molar-refractivity contribution >= 4 is 39.1 Å². The number of halogens is 1. The number of aromatic nitrogens is 3. The Labute approximate surface area is 256 Å². The molecule has 0 saturated heterocycles. The second-order valence-corrected chi connectivity index (χ2v) is 11.4. The summed E-state index contributed by atoms with van der Waals surface area (Å²) in [6, 6.07) is 21.6. The summed E-state index contributed by atoms with van der Waals surface area (Å²) in [4.78, 5) is 45.5. The maximum atomic E-state index is 14.3. The molecule has 0 spiro atoms. The Balaban J connectivity index is 1.50. The molecule has 1 atom stereocenters. The first-order chi connectivity index (χ1) is 20.8. The van der Waals surface area contributed by atoms with Crippen molar-refractivity contribution in [3.63, 3.8) is 0 Å². The second kappa shape index (κ2) is 11.3. The van der Waals surface area contributed by atoms with Gasteiger partial charge in [0.05, 0.1) is 30.7 Å². The Morgan fingerprint density at radius 3 is 2.49 bits per heavy atom. The van der Waals surface area contributed by atoms with E-state index in [1.807, 2.05) is 37.3 Å². The highest BCUT2D eigenvalue weighted by Crippen LogP contribution is 2.30. The van der Waals surface area contributed by atoms with Gasteiger partial charge in [-0.1, -0.05) is 58.4 Å². The molecule has 1 N–H and O–H groups in total. The normalized spacial score (nSPS) is 14.3. The van der Waals surface area contributed by atoms with E-state index in [1.165, 1.54) is 0 Å². The number of amides is 2. The molecule has 0 saturated carbocycles. The van der Waals surface area contributed by atoms with Crippen molar-refractivity contribution in [1.29, 1.82) is 0 Å². The molecule has 3 aromatic carbocycles. The molecule has 214 valence electrons. The van der Waals surface area contributed by atoms with Gasteiger partial charge in [0.1, 0.15) is 5.65 Å². The fraction of sp³-hybridized carbons (Fsp3) is 0.182. The van der Waals surface area contributed by atoms with Crippen molar-refractivity contribution in [3.8, 4) is 5.69 Å². The predicted octanol–water partition coefficient (Wildman–Crippen LogP) is 5.34. The van der Waals surface area contributed by atoms with E-state index in [0.717, 1.165) is 11.1 Å². The number of benzene rings is 3. The van der Waals surface area contributed by atoms with Crippen LogP contribution in [0.1, 0.15) is 50.0 Å². The van der Waals surface area contributed by atoms with Gasteiger partial charge in [0.2, 0.25) is 5.69 Å². The van der Waals surface area contributed by atoms with Gasteiger partial charge in [0.25, 0.3) is 17.4 Å². The smallest absolute Gasteiger partial charge is 0.261 e. The summed E-state index contributed by atoms with van der Waals surface area (Å²) >= 11 is 3.36. The Bertz CT molecular complexity index is 1990. The number of hydrogen-bond donors (Lipinski definition) is 1. The number of rotatable bonds is 5. The van der Waals surface area contributed by atoms with Crippen LogP contribution in [0.4, 0.5) is 5.69 Å². The summed E-state index contributed by atoms with van der Waals surface area (Å²) in [6.07, 6.45) is 2.67. The van der Waals surface area contributed by atoms with Gasteiger partial charge in [-0.15, -0.1) is 0 Å². The third-order valence-corrected chi connectivity index (χ3v) is 8.54. The second-order valence-electron chi connectivity index (χ2n) is 10.5. The zero-order chi connectivity index (χ0) is 30.2. The van der Waals surface area contributed by atoms with Crippen LogP contribution < -0.4 is 10.9 Å². The highest BCUT2D eigenvalue weighted by Gasteiger charge is 2.33. The number of hydrogen-bond acceptors (Lipinski definition) is 4. The third-order valence-electron chi connectivity index (χ3n) is 7.87. The lowest BCUT2D eigenvalue weighted by molar-refractivity contribution is 0.0651. The molecule has 2 amide bonds. The summed E-state index contributed by atoms with van der Waals surface area (Å²) in [6.45, 7) is 9.54. The SMILES string of the molecule is [C-]#[N+]c1cc(C(=O)N2Cc3c(c(=O)n(-c4ccc(C(=O)NC)cc4)c4c(Cc5ccccc5)cnn34)C[C@H]2C)ccc1Br. The van der Waals surface area contributed by atoms with Gasteiger partial charge in [-0.25, -0.2) is 9.36 Å². The molecule has 0 aliphatic carbocycles. The molecule has 2 aromatic heterocycles. The first-order valence-corrected chi connectivity index (χ1v) is 14.6. The average Bonchev–Trinajstić information content (AvgIpc) is 3.44. The lowest BCUT2D eigenvalue weighted by atomic mass is 9.98. The molecular formula is C33H27BrN6O3. The van der Waals surface area contributed by atoms with Crippen LogP contribution in [0, 0.1) is 6.57 Å². The Hall–Kier alpha value is -5.01. The van der Waals surface area contributed by atoms with Crippen LogP contribution in [0.25, 0.3) is 16.2 Å². The lowest BCUT2D eigenvalue weighted by Gasteiger charge is -2.35. The summed E-state index contributed by atoms with van der Waals surface area (Å²) < 4.78 is 4.07. The van der Waals surface area contributed by atoms with Crippen molar-refractivity contribution in [3.05, 3.63) is 139 Å². The van der Waals surface area contributed by atoms with Gasteiger partial charge in [0.15, 0.2) is 0 Å². The van der Waals surface area contributed by atoms with E-state index in [2.05, 4.69) is 26.1 Å². The Morgan fingerprint density at radius 2 is 1.79 bits per heavy atom. The van der Waals surface area contributed by atoms with Gasteiger partial charge in [-0.05, 0) is 49.2 Å². The van der Waals surface area contributed by atoms with Gasteiger partial charge < -0.3 is 10.2 Å². The molecular weight excluding hydrogens is 608 g/mol. The quantitative estimate of drug-likeness (QED) is 0.264. The molecule has 5 aromatic rings. The minimum Gasteiger partial charge on any atom is -0.355 e. The highest BCUT2D eigenvalue weighted by atomic mass is 79.9. The van der Waals surface area contributed by atoms with E-state index >= 15 is 0 Å². The van der Waals surface area contributed by atoms with Crippen molar-refractivity contribution in [2.24, 2.45) is 0 Å². The van der Waals surface area contributed by atoms with Gasteiger partial charge >= 0.3 is 0 Å². The molecule has 9 nitrogen and oxygen atoms in total. The Morgan fingerprint density at radius 1 is 1.07 bits per heavy atom. The topological polar surface area (TPSA) is 93.1 Å². The summed E-state index contributed by atoms with van der Waals surface area (Å²) in [5.41, 5.74) is 5.49. The molecule has 0 bridgehead atoms. The Kier molecular flexibility index (Phi) is 7.42. The van der Waals surface area contributed by atoms with Crippen LogP contribution in [0.2, 0.25) is 0 Å². The van der Waals surface area contributed by atoms with E-state index < -0.39 is 0 Å². The van der Waals surface area contributed by atoms with Gasteiger partial charge in [-0.3, -0.25) is 19.0 Å². The number of nitrogens with zero attached hydrogens (tertiary/aromatic N) is 5. The number of nitrogens with one attached hydrogen (secondary N) is 1. The maximum Gasteiger partial charge on any atom is 0.261 e. The third kappa shape index (κ3) is 5.02. The summed E-state index contributed by atoms with van der Waals surface area (Å²) in [5, 5.41) is 7.38. The van der Waals surface area contributed by atoms with Crippen LogP contribution in [0.3, 0.4) is 0 Å².